The molecule has 4 fully saturated rings. The van der Waals surface area contributed by atoms with Crippen LogP contribution in [-0.4, -0.2) is 30.6 Å². The molecule has 4 nitrogen and oxygen atoms in total. The number of ether oxygens (including phenoxy) is 2. The van der Waals surface area contributed by atoms with E-state index in [2.05, 4.69) is 11.3 Å². The van der Waals surface area contributed by atoms with E-state index in [-0.39, 0.29) is 11.7 Å². The molecule has 0 aromatic heterocycles. The van der Waals surface area contributed by atoms with Crippen molar-refractivity contribution in [3.63, 3.8) is 0 Å². The lowest BCUT2D eigenvalue weighted by Crippen LogP contribution is -2.50. The van der Waals surface area contributed by atoms with Gasteiger partial charge in [0.25, 0.3) is 5.92 Å². The minimum atomic E-state index is -3.09. The van der Waals surface area contributed by atoms with Crippen LogP contribution in [0.2, 0.25) is 0 Å². The van der Waals surface area contributed by atoms with Crippen LogP contribution in [0.4, 0.5) is 8.78 Å². The number of alkyl halides is 2. The van der Waals surface area contributed by atoms with Crippen LogP contribution in [0.5, 0.6) is 0 Å². The van der Waals surface area contributed by atoms with E-state index in [0.29, 0.717) is 18.8 Å². The van der Waals surface area contributed by atoms with E-state index in [1.165, 1.54) is 6.42 Å². The highest BCUT2D eigenvalue weighted by Crippen LogP contribution is 2.54. The van der Waals surface area contributed by atoms with Gasteiger partial charge in [-0.25, -0.2) is 13.6 Å². The zero-order valence-corrected chi connectivity index (χ0v) is 13.9. The van der Waals surface area contributed by atoms with Gasteiger partial charge in [-0.05, 0) is 55.8 Å². The van der Waals surface area contributed by atoms with Crippen LogP contribution in [0.3, 0.4) is 0 Å². The average molecular weight is 342 g/mol. The first-order valence-electron chi connectivity index (χ1n) is 8.63. The maximum Gasteiger partial charge on any atom is 0.334 e. The molecular formula is C18H24F2O4. The molecule has 0 saturated heterocycles. The fourth-order valence-electron chi connectivity index (χ4n) is 4.78. The van der Waals surface area contributed by atoms with Crippen LogP contribution >= 0.6 is 0 Å². The highest BCUT2D eigenvalue weighted by Gasteiger charge is 2.50. The van der Waals surface area contributed by atoms with Gasteiger partial charge >= 0.3 is 11.9 Å². The lowest BCUT2D eigenvalue weighted by atomic mass is 9.55. The second kappa shape index (κ2) is 6.45. The van der Waals surface area contributed by atoms with Crippen molar-refractivity contribution in [1.82, 2.24) is 0 Å². The number of halogens is 2. The minimum absolute atomic E-state index is 0.0341. The fraction of sp³-hybridized carbons (Fsp3) is 0.778. The van der Waals surface area contributed by atoms with Crippen molar-refractivity contribution in [2.45, 2.75) is 57.5 Å². The highest BCUT2D eigenvalue weighted by molar-refractivity contribution is 5.93. The molecule has 24 heavy (non-hydrogen) atoms. The van der Waals surface area contributed by atoms with Crippen molar-refractivity contribution in [1.29, 1.82) is 0 Å². The molecule has 4 bridgehead atoms. The molecule has 4 saturated carbocycles. The lowest BCUT2D eigenvalue weighted by molar-refractivity contribution is -0.167. The highest BCUT2D eigenvalue weighted by atomic mass is 19.3. The second-order valence-corrected chi connectivity index (χ2v) is 7.81. The SMILES string of the molecule is C=C(CC(=O)OCC(C)(F)F)C(=O)OC1C2CC3CC(C2)CC1C3. The van der Waals surface area contributed by atoms with E-state index < -0.39 is 30.9 Å². The van der Waals surface area contributed by atoms with Gasteiger partial charge in [0.05, 0.1) is 6.42 Å². The third-order valence-electron chi connectivity index (χ3n) is 5.52. The molecule has 0 radical (unpaired) electrons. The molecule has 0 N–H and O–H groups in total. The minimum Gasteiger partial charge on any atom is -0.459 e. The molecule has 0 atom stereocenters. The standard InChI is InChI=1S/C18H24F2O4/c1-10(3-15(21)23-9-18(2,19)20)17(22)24-16-13-5-11-4-12(7-13)8-14(16)6-11/h11-14,16H,1,3-9H2,2H3. The summed E-state index contributed by atoms with van der Waals surface area (Å²) in [5.74, 6) is -2.19. The molecule has 0 aromatic carbocycles. The quantitative estimate of drug-likeness (QED) is 0.548. The van der Waals surface area contributed by atoms with E-state index >= 15 is 0 Å². The van der Waals surface area contributed by atoms with Crippen molar-refractivity contribution in [2.24, 2.45) is 23.7 Å². The summed E-state index contributed by atoms with van der Waals surface area (Å²) in [6.45, 7) is 3.23. The molecule has 0 aromatic rings. The predicted molar refractivity (Wildman–Crippen MR) is 82.3 cm³/mol. The summed E-state index contributed by atoms with van der Waals surface area (Å²) in [6, 6.07) is 0. The van der Waals surface area contributed by atoms with Crippen LogP contribution in [0.25, 0.3) is 0 Å². The van der Waals surface area contributed by atoms with E-state index in [0.717, 1.165) is 37.5 Å². The van der Waals surface area contributed by atoms with Crippen molar-refractivity contribution in [3.05, 3.63) is 12.2 Å². The molecule has 0 spiro atoms. The Balaban J connectivity index is 1.48. The average Bonchev–Trinajstić information content (AvgIpc) is 2.47. The first-order chi connectivity index (χ1) is 11.2. The van der Waals surface area contributed by atoms with Gasteiger partial charge in [-0.3, -0.25) is 4.79 Å². The van der Waals surface area contributed by atoms with Crippen LogP contribution in [0.1, 0.15) is 45.4 Å². The van der Waals surface area contributed by atoms with E-state index in [9.17, 15) is 18.4 Å². The van der Waals surface area contributed by atoms with Gasteiger partial charge in [0.2, 0.25) is 0 Å². The number of carbonyl (C=O) groups excluding carboxylic acids is 2. The summed E-state index contributed by atoms with van der Waals surface area (Å²) in [5, 5.41) is 0. The summed E-state index contributed by atoms with van der Waals surface area (Å²) < 4.78 is 35.4. The van der Waals surface area contributed by atoms with Crippen LogP contribution in [-0.2, 0) is 19.1 Å². The molecule has 0 unspecified atom stereocenters. The Hall–Kier alpha value is -1.46. The first-order valence-corrected chi connectivity index (χ1v) is 8.63. The lowest BCUT2D eigenvalue weighted by Gasteiger charge is -2.53. The van der Waals surface area contributed by atoms with Crippen molar-refractivity contribution < 1.29 is 27.8 Å². The van der Waals surface area contributed by atoms with Gasteiger partial charge < -0.3 is 9.47 Å². The van der Waals surface area contributed by atoms with Crippen molar-refractivity contribution in [3.8, 4) is 0 Å². The zero-order chi connectivity index (χ0) is 17.5. The molecular weight excluding hydrogens is 318 g/mol. The van der Waals surface area contributed by atoms with Gasteiger partial charge in [0, 0.05) is 12.5 Å². The number of carbonyl (C=O) groups is 2. The molecule has 0 heterocycles. The molecule has 134 valence electrons. The van der Waals surface area contributed by atoms with Gasteiger partial charge in [-0.2, -0.15) is 0 Å². The summed E-state index contributed by atoms with van der Waals surface area (Å²) in [5.41, 5.74) is -0.0341. The summed E-state index contributed by atoms with van der Waals surface area (Å²) in [6.07, 6.45) is 5.28. The number of hydrogen-bond donors (Lipinski definition) is 0. The van der Waals surface area contributed by atoms with Crippen LogP contribution in [0.15, 0.2) is 12.2 Å². The van der Waals surface area contributed by atoms with Gasteiger partial charge in [0.1, 0.15) is 6.10 Å². The number of hydrogen-bond acceptors (Lipinski definition) is 4. The number of esters is 2. The van der Waals surface area contributed by atoms with Crippen LogP contribution in [0, 0.1) is 23.7 Å². The van der Waals surface area contributed by atoms with Crippen molar-refractivity contribution in [2.75, 3.05) is 6.61 Å². The van der Waals surface area contributed by atoms with Gasteiger partial charge in [-0.15, -0.1) is 0 Å². The Morgan fingerprint density at radius 3 is 2.12 bits per heavy atom. The second-order valence-electron chi connectivity index (χ2n) is 7.81. The summed E-state index contributed by atoms with van der Waals surface area (Å²) in [4.78, 5) is 23.7. The Bertz CT molecular complexity index is 510. The normalized spacial score (nSPS) is 34.0. The Kier molecular flexibility index (Phi) is 4.67. The molecule has 0 aliphatic heterocycles. The van der Waals surface area contributed by atoms with E-state index in [1.807, 2.05) is 0 Å². The molecule has 0 amide bonds. The largest absolute Gasteiger partial charge is 0.459 e. The topological polar surface area (TPSA) is 52.6 Å². The van der Waals surface area contributed by atoms with Crippen molar-refractivity contribution >= 4 is 11.9 Å². The van der Waals surface area contributed by atoms with E-state index in [1.54, 1.807) is 0 Å². The number of rotatable bonds is 6. The molecule has 4 aliphatic carbocycles. The third kappa shape index (κ3) is 3.95. The van der Waals surface area contributed by atoms with Gasteiger partial charge in [-0.1, -0.05) is 6.58 Å². The maximum absolute atomic E-state index is 12.7. The Morgan fingerprint density at radius 2 is 1.62 bits per heavy atom. The predicted octanol–water partition coefficient (Wildman–Crippen LogP) is 3.50. The van der Waals surface area contributed by atoms with Gasteiger partial charge in [0.15, 0.2) is 6.61 Å². The molecule has 4 rings (SSSR count). The zero-order valence-electron chi connectivity index (χ0n) is 13.9. The monoisotopic (exact) mass is 342 g/mol. The first kappa shape index (κ1) is 17.4. The molecule has 6 heteroatoms. The smallest absolute Gasteiger partial charge is 0.334 e. The summed E-state index contributed by atoms with van der Waals surface area (Å²) >= 11 is 0. The maximum atomic E-state index is 12.7. The Morgan fingerprint density at radius 1 is 1.08 bits per heavy atom. The Labute approximate surface area is 140 Å². The fourth-order valence-corrected chi connectivity index (χ4v) is 4.78. The van der Waals surface area contributed by atoms with E-state index in [4.69, 9.17) is 4.74 Å². The third-order valence-corrected chi connectivity index (χ3v) is 5.52. The van der Waals surface area contributed by atoms with Crippen LogP contribution < -0.4 is 0 Å². The summed E-state index contributed by atoms with van der Waals surface area (Å²) in [7, 11) is 0. The molecule has 4 aliphatic rings.